The Bertz CT molecular complexity index is 545. The second-order valence-corrected chi connectivity index (χ2v) is 8.19. The number of nitrogen functional groups attached to an aromatic ring is 1. The van der Waals surface area contributed by atoms with Gasteiger partial charge in [0.2, 0.25) is 0 Å². The van der Waals surface area contributed by atoms with Crippen LogP contribution in [-0.2, 0) is 10.0 Å². The van der Waals surface area contributed by atoms with Crippen molar-refractivity contribution in [3.8, 4) is 0 Å². The molecule has 2 heterocycles. The third kappa shape index (κ3) is 2.91. The molecule has 1 fully saturated rings. The fraction of sp³-hybridized carbons (Fsp3) is 0.727. The van der Waals surface area contributed by atoms with Gasteiger partial charge in [0, 0.05) is 19.1 Å². The maximum atomic E-state index is 12.5. The highest BCUT2D eigenvalue weighted by atomic mass is 32.2. The molecule has 0 atom stereocenters. The summed E-state index contributed by atoms with van der Waals surface area (Å²) in [5.41, 5.74) is 6.08. The van der Waals surface area contributed by atoms with E-state index >= 15 is 0 Å². The Hall–Kier alpha value is -0.700. The topological polar surface area (TPSA) is 79.5 Å². The van der Waals surface area contributed by atoms with E-state index in [1.807, 2.05) is 14.1 Å². The molecule has 0 spiro atoms. The molecule has 8 heteroatoms. The zero-order valence-corrected chi connectivity index (χ0v) is 13.1. The van der Waals surface area contributed by atoms with Crippen LogP contribution in [0.1, 0.15) is 18.5 Å². The number of piperidine rings is 1. The van der Waals surface area contributed by atoms with Gasteiger partial charge in [-0.1, -0.05) is 11.3 Å². The summed E-state index contributed by atoms with van der Waals surface area (Å²) in [6.07, 6.45) is 1.72. The number of rotatable bonds is 3. The van der Waals surface area contributed by atoms with Crippen LogP contribution in [0.3, 0.4) is 0 Å². The normalized spacial score (nSPS) is 19.2. The second-order valence-electron chi connectivity index (χ2n) is 5.02. The Kier molecular flexibility index (Phi) is 4.14. The summed E-state index contributed by atoms with van der Waals surface area (Å²) in [6.45, 7) is 2.80. The predicted octanol–water partition coefficient (Wildman–Crippen LogP) is 0.748. The summed E-state index contributed by atoms with van der Waals surface area (Å²) < 4.78 is 26.9. The van der Waals surface area contributed by atoms with Gasteiger partial charge in [-0.15, -0.1) is 0 Å². The first-order chi connectivity index (χ1) is 8.82. The molecule has 2 N–H and O–H groups in total. The lowest BCUT2D eigenvalue weighted by Gasteiger charge is -2.34. The third-order valence-electron chi connectivity index (χ3n) is 3.50. The Labute approximate surface area is 118 Å². The predicted molar refractivity (Wildman–Crippen MR) is 76.7 cm³/mol. The van der Waals surface area contributed by atoms with E-state index in [0.717, 1.165) is 24.2 Å². The molecule has 1 aromatic rings. The van der Waals surface area contributed by atoms with Gasteiger partial charge in [-0.25, -0.2) is 13.4 Å². The maximum Gasteiger partial charge on any atom is 0.254 e. The van der Waals surface area contributed by atoms with Gasteiger partial charge >= 0.3 is 0 Å². The van der Waals surface area contributed by atoms with E-state index in [-0.39, 0.29) is 4.21 Å². The molecule has 0 amide bonds. The summed E-state index contributed by atoms with van der Waals surface area (Å²) >= 11 is 1.05. The zero-order valence-electron chi connectivity index (χ0n) is 11.5. The lowest BCUT2D eigenvalue weighted by molar-refractivity contribution is 0.196. The number of nitrogens with two attached hydrogens (primary N) is 1. The second kappa shape index (κ2) is 5.35. The summed E-state index contributed by atoms with van der Waals surface area (Å²) in [4.78, 5) is 6.15. The average Bonchev–Trinajstić information content (AvgIpc) is 2.69. The molecular weight excluding hydrogens is 284 g/mol. The van der Waals surface area contributed by atoms with E-state index in [2.05, 4.69) is 9.88 Å². The first-order valence-electron chi connectivity index (χ1n) is 6.22. The Morgan fingerprint density at radius 3 is 2.37 bits per heavy atom. The Morgan fingerprint density at radius 1 is 1.37 bits per heavy atom. The summed E-state index contributed by atoms with van der Waals surface area (Å²) in [7, 11) is 0.631. The van der Waals surface area contributed by atoms with Crippen molar-refractivity contribution in [1.82, 2.24) is 14.2 Å². The van der Waals surface area contributed by atoms with Gasteiger partial charge in [0.15, 0.2) is 9.34 Å². The van der Waals surface area contributed by atoms with E-state index in [1.165, 1.54) is 0 Å². The number of anilines is 1. The number of hydrogen-bond acceptors (Lipinski definition) is 6. The molecule has 0 bridgehead atoms. The Balaban J connectivity index is 2.16. The van der Waals surface area contributed by atoms with Crippen molar-refractivity contribution in [2.24, 2.45) is 0 Å². The molecule has 0 radical (unpaired) electrons. The van der Waals surface area contributed by atoms with Gasteiger partial charge in [-0.2, -0.15) is 4.31 Å². The van der Waals surface area contributed by atoms with Crippen molar-refractivity contribution < 1.29 is 8.42 Å². The van der Waals surface area contributed by atoms with Crippen molar-refractivity contribution >= 4 is 26.5 Å². The highest BCUT2D eigenvalue weighted by molar-refractivity contribution is 7.91. The van der Waals surface area contributed by atoms with Crippen LogP contribution in [0.15, 0.2) is 4.21 Å². The molecule has 0 saturated carbocycles. The number of thiazole rings is 1. The molecule has 2 rings (SSSR count). The number of hydrogen-bond donors (Lipinski definition) is 1. The molecule has 0 aromatic carbocycles. The molecule has 6 nitrogen and oxygen atoms in total. The minimum absolute atomic E-state index is 0.285. The van der Waals surface area contributed by atoms with Crippen molar-refractivity contribution in [1.29, 1.82) is 0 Å². The first-order valence-corrected chi connectivity index (χ1v) is 8.47. The fourth-order valence-corrected chi connectivity index (χ4v) is 5.26. The molecule has 1 aliphatic heterocycles. The molecule has 19 heavy (non-hydrogen) atoms. The molecular formula is C11H20N4O2S2. The SMILES string of the molecule is Cc1nc(N)sc1S(=O)(=O)N1CCC(N(C)C)CC1. The Morgan fingerprint density at radius 2 is 1.95 bits per heavy atom. The first kappa shape index (κ1) is 14.7. The highest BCUT2D eigenvalue weighted by Gasteiger charge is 2.32. The van der Waals surface area contributed by atoms with Crippen LogP contribution < -0.4 is 5.73 Å². The number of aromatic nitrogens is 1. The van der Waals surface area contributed by atoms with Gasteiger partial charge in [0.1, 0.15) is 0 Å². The zero-order chi connectivity index (χ0) is 14.2. The smallest absolute Gasteiger partial charge is 0.254 e. The number of sulfonamides is 1. The molecule has 1 aliphatic rings. The minimum atomic E-state index is -3.43. The standard InChI is InChI=1S/C11H20N4O2S2/c1-8-10(18-11(12)13-8)19(16,17)15-6-4-9(5-7-15)14(2)3/h9H,4-7H2,1-3H3,(H2,12,13). The van der Waals surface area contributed by atoms with Gasteiger partial charge < -0.3 is 10.6 Å². The largest absolute Gasteiger partial charge is 0.375 e. The number of aryl methyl sites for hydroxylation is 1. The summed E-state index contributed by atoms with van der Waals surface area (Å²) in [5.74, 6) is 0. The fourth-order valence-electron chi connectivity index (χ4n) is 2.36. The number of nitrogens with zero attached hydrogens (tertiary/aromatic N) is 3. The van der Waals surface area contributed by atoms with Gasteiger partial charge in [-0.05, 0) is 33.9 Å². The van der Waals surface area contributed by atoms with E-state index in [4.69, 9.17) is 5.73 Å². The van der Waals surface area contributed by atoms with Crippen molar-refractivity contribution in [2.75, 3.05) is 32.9 Å². The van der Waals surface area contributed by atoms with E-state index in [0.29, 0.717) is 30.0 Å². The summed E-state index contributed by atoms with van der Waals surface area (Å²) in [5, 5.41) is 0.305. The van der Waals surface area contributed by atoms with Gasteiger partial charge in [0.05, 0.1) is 5.69 Å². The third-order valence-corrected chi connectivity index (χ3v) is 6.97. The van der Waals surface area contributed by atoms with Crippen LogP contribution in [0, 0.1) is 6.92 Å². The lowest BCUT2D eigenvalue weighted by atomic mass is 10.1. The van der Waals surface area contributed by atoms with Gasteiger partial charge in [-0.3, -0.25) is 0 Å². The molecule has 108 valence electrons. The van der Waals surface area contributed by atoms with Crippen LogP contribution in [-0.4, -0.2) is 55.8 Å². The monoisotopic (exact) mass is 304 g/mol. The van der Waals surface area contributed by atoms with Crippen molar-refractivity contribution in [2.45, 2.75) is 30.0 Å². The van der Waals surface area contributed by atoms with Crippen LogP contribution in [0.5, 0.6) is 0 Å². The van der Waals surface area contributed by atoms with E-state index < -0.39 is 10.0 Å². The summed E-state index contributed by atoms with van der Waals surface area (Å²) in [6, 6.07) is 0.457. The highest BCUT2D eigenvalue weighted by Crippen LogP contribution is 2.29. The van der Waals surface area contributed by atoms with E-state index in [9.17, 15) is 8.42 Å². The average molecular weight is 304 g/mol. The van der Waals surface area contributed by atoms with Crippen LogP contribution in [0.2, 0.25) is 0 Å². The van der Waals surface area contributed by atoms with Gasteiger partial charge in [0.25, 0.3) is 10.0 Å². The minimum Gasteiger partial charge on any atom is -0.375 e. The molecule has 1 saturated heterocycles. The molecule has 1 aromatic heterocycles. The van der Waals surface area contributed by atoms with Crippen LogP contribution >= 0.6 is 11.3 Å². The molecule has 0 aliphatic carbocycles. The van der Waals surface area contributed by atoms with Crippen molar-refractivity contribution in [3.63, 3.8) is 0 Å². The molecule has 0 unspecified atom stereocenters. The van der Waals surface area contributed by atoms with Crippen molar-refractivity contribution in [3.05, 3.63) is 5.69 Å². The maximum absolute atomic E-state index is 12.5. The quantitative estimate of drug-likeness (QED) is 0.891. The van der Waals surface area contributed by atoms with Crippen LogP contribution in [0.4, 0.5) is 5.13 Å². The van der Waals surface area contributed by atoms with Crippen LogP contribution in [0.25, 0.3) is 0 Å². The lowest BCUT2D eigenvalue weighted by Crippen LogP contribution is -2.44. The van der Waals surface area contributed by atoms with E-state index in [1.54, 1.807) is 11.2 Å².